The smallest absolute Gasteiger partial charge is 0.253 e. The number of nitrogens with one attached hydrogen (secondary N) is 1. The van der Waals surface area contributed by atoms with Crippen molar-refractivity contribution >= 4 is 25.8 Å². The molecule has 0 spiro atoms. The van der Waals surface area contributed by atoms with E-state index in [1.165, 1.54) is 4.90 Å². The topological polar surface area (TPSA) is 101 Å². The zero-order chi connectivity index (χ0) is 23.7. The molecule has 0 aliphatic carbocycles. The Labute approximate surface area is 190 Å². The third kappa shape index (κ3) is 5.76. The maximum Gasteiger partial charge on any atom is 0.253 e. The fraction of sp³-hybridized carbons (Fsp3) is 0.435. The Morgan fingerprint density at radius 3 is 2.16 bits per heavy atom. The van der Waals surface area contributed by atoms with E-state index in [9.17, 15) is 21.6 Å². The fourth-order valence-electron chi connectivity index (χ4n) is 3.61. The molecule has 7 nitrogen and oxygen atoms in total. The zero-order valence-corrected chi connectivity index (χ0v) is 20.5. The van der Waals surface area contributed by atoms with E-state index < -0.39 is 19.9 Å². The highest BCUT2D eigenvalue weighted by atomic mass is 32.2. The molecule has 0 aromatic heterocycles. The van der Waals surface area contributed by atoms with Crippen LogP contribution in [-0.2, 0) is 31.8 Å². The van der Waals surface area contributed by atoms with Gasteiger partial charge in [0.15, 0.2) is 9.84 Å². The minimum atomic E-state index is -3.66. The molecule has 1 aliphatic heterocycles. The molecular weight excluding hydrogens is 448 g/mol. The van der Waals surface area contributed by atoms with Crippen LogP contribution in [0.4, 0.5) is 0 Å². The largest absolute Gasteiger partial charge is 0.338 e. The van der Waals surface area contributed by atoms with Gasteiger partial charge < -0.3 is 4.90 Å². The van der Waals surface area contributed by atoms with E-state index in [0.29, 0.717) is 17.5 Å². The fourth-order valence-corrected chi connectivity index (χ4v) is 6.40. The van der Waals surface area contributed by atoms with Gasteiger partial charge >= 0.3 is 0 Å². The van der Waals surface area contributed by atoms with E-state index >= 15 is 0 Å². The van der Waals surface area contributed by atoms with Crippen molar-refractivity contribution in [2.75, 3.05) is 18.6 Å². The lowest BCUT2D eigenvalue weighted by Crippen LogP contribution is -2.37. The van der Waals surface area contributed by atoms with Gasteiger partial charge in [0.1, 0.15) is 0 Å². The summed E-state index contributed by atoms with van der Waals surface area (Å²) < 4.78 is 51.1. The second-order valence-electron chi connectivity index (χ2n) is 9.27. The zero-order valence-electron chi connectivity index (χ0n) is 18.8. The Morgan fingerprint density at radius 1 is 1.06 bits per heavy atom. The Bertz CT molecular complexity index is 1180. The lowest BCUT2D eigenvalue weighted by molar-refractivity contribution is 0.0747. The van der Waals surface area contributed by atoms with E-state index in [-0.39, 0.29) is 40.3 Å². The Hall–Kier alpha value is -2.23. The summed E-state index contributed by atoms with van der Waals surface area (Å²) in [5.41, 5.74) is 2.13. The number of carbonyl (C=O) groups excluding carboxylic acids is 1. The molecule has 174 valence electrons. The van der Waals surface area contributed by atoms with Crippen LogP contribution in [0.2, 0.25) is 0 Å². The lowest BCUT2D eigenvalue weighted by Gasteiger charge is -2.23. The third-order valence-electron chi connectivity index (χ3n) is 5.77. The minimum Gasteiger partial charge on any atom is -0.338 e. The van der Waals surface area contributed by atoms with E-state index in [1.807, 2.05) is 12.1 Å². The summed E-state index contributed by atoms with van der Waals surface area (Å²) in [6.07, 6.45) is 0.446. The Morgan fingerprint density at radius 2 is 1.66 bits per heavy atom. The van der Waals surface area contributed by atoms with Gasteiger partial charge in [-0.1, -0.05) is 45.0 Å². The van der Waals surface area contributed by atoms with Gasteiger partial charge in [-0.2, -0.15) is 0 Å². The molecule has 1 heterocycles. The predicted molar refractivity (Wildman–Crippen MR) is 125 cm³/mol. The molecule has 1 fully saturated rings. The molecule has 2 aromatic rings. The summed E-state index contributed by atoms with van der Waals surface area (Å²) in [6.45, 7) is 6.29. The van der Waals surface area contributed by atoms with Crippen molar-refractivity contribution in [2.24, 2.45) is 0 Å². The van der Waals surface area contributed by atoms with Crippen LogP contribution in [0.1, 0.15) is 48.7 Å². The summed E-state index contributed by atoms with van der Waals surface area (Å²) in [6, 6.07) is 13.2. The SMILES string of the molecule is CN(C(=O)c1ccc(CNS(=O)(=O)c2ccc(C(C)(C)C)cc2)cc1)C1CCS(=O)(=O)C1. The van der Waals surface area contributed by atoms with Crippen LogP contribution >= 0.6 is 0 Å². The van der Waals surface area contributed by atoms with Crippen molar-refractivity contribution in [3.8, 4) is 0 Å². The number of sulfone groups is 1. The van der Waals surface area contributed by atoms with Gasteiger partial charge in [-0.25, -0.2) is 21.6 Å². The molecule has 32 heavy (non-hydrogen) atoms. The van der Waals surface area contributed by atoms with Gasteiger partial charge in [-0.3, -0.25) is 4.79 Å². The second kappa shape index (κ2) is 8.96. The molecule has 1 amide bonds. The molecular formula is C23H30N2O5S2. The van der Waals surface area contributed by atoms with Gasteiger partial charge in [-0.05, 0) is 47.2 Å². The molecule has 2 aromatic carbocycles. The molecule has 3 rings (SSSR count). The number of carbonyl (C=O) groups is 1. The van der Waals surface area contributed by atoms with E-state index in [0.717, 1.165) is 5.56 Å². The molecule has 0 saturated carbocycles. The molecule has 1 unspecified atom stereocenters. The molecule has 9 heteroatoms. The molecule has 1 saturated heterocycles. The standard InChI is InChI=1S/C23H30N2O5S2/c1-23(2,3)19-9-11-21(12-10-19)32(29,30)24-15-17-5-7-18(8-6-17)22(26)25(4)20-13-14-31(27,28)16-20/h5-12,20,24H,13-16H2,1-4H3. The molecule has 1 aliphatic rings. The van der Waals surface area contributed by atoms with E-state index in [1.54, 1.807) is 43.4 Å². The highest BCUT2D eigenvalue weighted by Gasteiger charge is 2.33. The van der Waals surface area contributed by atoms with Gasteiger partial charge in [0, 0.05) is 25.2 Å². The number of rotatable bonds is 6. The van der Waals surface area contributed by atoms with Crippen molar-refractivity contribution in [2.45, 2.75) is 50.1 Å². The second-order valence-corrected chi connectivity index (χ2v) is 13.3. The van der Waals surface area contributed by atoms with Crippen molar-refractivity contribution < 1.29 is 21.6 Å². The Balaban J connectivity index is 1.62. The summed E-state index contributed by atoms with van der Waals surface area (Å²) >= 11 is 0. The average molecular weight is 479 g/mol. The van der Waals surface area contributed by atoms with Crippen LogP contribution in [0, 0.1) is 0 Å². The highest BCUT2D eigenvalue weighted by Crippen LogP contribution is 2.23. The number of sulfonamides is 1. The third-order valence-corrected chi connectivity index (χ3v) is 8.94. The number of hydrogen-bond donors (Lipinski definition) is 1. The molecule has 1 atom stereocenters. The van der Waals surface area contributed by atoms with Crippen LogP contribution < -0.4 is 4.72 Å². The lowest BCUT2D eigenvalue weighted by atomic mass is 9.87. The first kappa shape index (κ1) is 24.4. The van der Waals surface area contributed by atoms with E-state index in [4.69, 9.17) is 0 Å². The van der Waals surface area contributed by atoms with Gasteiger partial charge in [0.05, 0.1) is 16.4 Å². The normalized spacial score (nSPS) is 18.4. The number of hydrogen-bond acceptors (Lipinski definition) is 5. The monoisotopic (exact) mass is 478 g/mol. The van der Waals surface area contributed by atoms with Crippen molar-refractivity contribution in [1.82, 2.24) is 9.62 Å². The maximum atomic E-state index is 12.7. The van der Waals surface area contributed by atoms with Gasteiger partial charge in [0.2, 0.25) is 10.0 Å². The Kier molecular flexibility index (Phi) is 6.83. The molecule has 0 radical (unpaired) electrons. The van der Waals surface area contributed by atoms with Crippen molar-refractivity contribution in [3.63, 3.8) is 0 Å². The maximum absolute atomic E-state index is 12.7. The van der Waals surface area contributed by atoms with Crippen molar-refractivity contribution in [3.05, 3.63) is 65.2 Å². The predicted octanol–water partition coefficient (Wildman–Crippen LogP) is 2.72. The van der Waals surface area contributed by atoms with Gasteiger partial charge in [0.25, 0.3) is 5.91 Å². The first-order valence-corrected chi connectivity index (χ1v) is 13.8. The summed E-state index contributed by atoms with van der Waals surface area (Å²) in [5.74, 6) is -0.155. The van der Waals surface area contributed by atoms with Gasteiger partial charge in [-0.15, -0.1) is 0 Å². The molecule has 1 N–H and O–H groups in total. The number of amides is 1. The number of benzene rings is 2. The van der Waals surface area contributed by atoms with Crippen LogP contribution in [-0.4, -0.2) is 52.2 Å². The van der Waals surface area contributed by atoms with Crippen LogP contribution in [0.25, 0.3) is 0 Å². The minimum absolute atomic E-state index is 0.00810. The van der Waals surface area contributed by atoms with Crippen LogP contribution in [0.5, 0.6) is 0 Å². The van der Waals surface area contributed by atoms with Crippen molar-refractivity contribution in [1.29, 1.82) is 0 Å². The first-order chi connectivity index (χ1) is 14.8. The van der Waals surface area contributed by atoms with Crippen LogP contribution in [0.3, 0.4) is 0 Å². The summed E-state index contributed by atoms with van der Waals surface area (Å²) in [5, 5.41) is 0. The highest BCUT2D eigenvalue weighted by molar-refractivity contribution is 7.91. The number of nitrogens with zero attached hydrogens (tertiary/aromatic N) is 1. The average Bonchev–Trinajstić information content (AvgIpc) is 3.11. The van der Waals surface area contributed by atoms with Crippen LogP contribution in [0.15, 0.2) is 53.4 Å². The van der Waals surface area contributed by atoms with E-state index in [2.05, 4.69) is 25.5 Å². The quantitative estimate of drug-likeness (QED) is 0.688. The molecule has 0 bridgehead atoms. The first-order valence-electron chi connectivity index (χ1n) is 10.5. The summed E-state index contributed by atoms with van der Waals surface area (Å²) in [7, 11) is -5.13. The summed E-state index contributed by atoms with van der Waals surface area (Å²) in [4.78, 5) is 14.3.